The molecule has 1 aromatic carbocycles. The number of halogens is 1. The van der Waals surface area contributed by atoms with Crippen molar-refractivity contribution in [1.82, 2.24) is 4.90 Å². The fraction of sp³-hybridized carbons (Fsp3) is 0.412. The molecule has 1 N–H and O–H groups in total. The highest BCUT2D eigenvalue weighted by Gasteiger charge is 2.67. The maximum atomic E-state index is 12.9. The normalized spacial score (nSPS) is 35.7. The second-order valence-electron chi connectivity index (χ2n) is 6.43. The Bertz CT molecular complexity index is 716. The fourth-order valence-electron chi connectivity index (χ4n) is 4.06. The monoisotopic (exact) mass is 377 g/mol. The van der Waals surface area contributed by atoms with Crippen LogP contribution in [0.15, 0.2) is 40.9 Å². The highest BCUT2D eigenvalue weighted by molar-refractivity contribution is 9.10. The lowest BCUT2D eigenvalue weighted by molar-refractivity contribution is -0.148. The molecule has 0 aromatic heterocycles. The first-order chi connectivity index (χ1) is 10.9. The first-order valence-corrected chi connectivity index (χ1v) is 8.38. The summed E-state index contributed by atoms with van der Waals surface area (Å²) in [5.74, 6) is -2.49. The van der Waals surface area contributed by atoms with Crippen LogP contribution in [0.1, 0.15) is 18.5 Å². The summed E-state index contributed by atoms with van der Waals surface area (Å²) in [5, 5.41) is 9.48. The van der Waals surface area contributed by atoms with E-state index >= 15 is 0 Å². The molecule has 0 unspecified atom stereocenters. The fourth-order valence-corrected chi connectivity index (χ4v) is 4.32. The van der Waals surface area contributed by atoms with Gasteiger partial charge < -0.3 is 14.7 Å². The number of likely N-dealkylation sites (tertiary alicyclic amines) is 1. The maximum absolute atomic E-state index is 12.9. The van der Waals surface area contributed by atoms with Crippen molar-refractivity contribution < 1.29 is 19.4 Å². The molecular weight excluding hydrogens is 362 g/mol. The summed E-state index contributed by atoms with van der Waals surface area (Å²) >= 11 is 3.40. The Morgan fingerprint density at radius 1 is 1.43 bits per heavy atom. The second-order valence-corrected chi connectivity index (χ2v) is 7.35. The largest absolute Gasteiger partial charge is 0.481 e. The third kappa shape index (κ3) is 2.01. The quantitative estimate of drug-likeness (QED) is 0.821. The zero-order chi connectivity index (χ0) is 16.4. The van der Waals surface area contributed by atoms with Crippen LogP contribution in [0.5, 0.6) is 0 Å². The van der Waals surface area contributed by atoms with E-state index < -0.39 is 29.5 Å². The smallest absolute Gasteiger partial charge is 0.310 e. The van der Waals surface area contributed by atoms with E-state index in [9.17, 15) is 14.7 Å². The van der Waals surface area contributed by atoms with Crippen molar-refractivity contribution in [1.29, 1.82) is 0 Å². The van der Waals surface area contributed by atoms with Gasteiger partial charge in [0, 0.05) is 4.47 Å². The van der Waals surface area contributed by atoms with Crippen molar-refractivity contribution in [2.24, 2.45) is 11.8 Å². The Hall–Kier alpha value is -1.66. The topological polar surface area (TPSA) is 66.8 Å². The van der Waals surface area contributed by atoms with Crippen molar-refractivity contribution >= 4 is 27.8 Å². The van der Waals surface area contributed by atoms with Crippen LogP contribution >= 0.6 is 15.9 Å². The van der Waals surface area contributed by atoms with E-state index in [0.717, 1.165) is 10.0 Å². The molecule has 1 amide bonds. The van der Waals surface area contributed by atoms with Crippen LogP contribution < -0.4 is 0 Å². The molecule has 0 saturated carbocycles. The molecule has 3 heterocycles. The molecular formula is C17H16BrNO4. The number of benzene rings is 1. The number of fused-ring (bicyclic) bond motifs is 1. The molecule has 2 bridgehead atoms. The molecule has 5 nitrogen and oxygen atoms in total. The summed E-state index contributed by atoms with van der Waals surface area (Å²) in [6, 6.07) is 7.69. The van der Waals surface area contributed by atoms with Gasteiger partial charge in [-0.1, -0.05) is 40.2 Å². The summed E-state index contributed by atoms with van der Waals surface area (Å²) in [5.41, 5.74) is 0.248. The van der Waals surface area contributed by atoms with Crippen LogP contribution in [0.25, 0.3) is 0 Å². The first kappa shape index (κ1) is 14.9. The predicted molar refractivity (Wildman–Crippen MR) is 85.6 cm³/mol. The van der Waals surface area contributed by atoms with E-state index in [0.29, 0.717) is 6.54 Å². The molecule has 4 rings (SSSR count). The van der Waals surface area contributed by atoms with Gasteiger partial charge in [-0.25, -0.2) is 0 Å². The number of carboxylic acid groups (broad SMARTS) is 1. The molecule has 2 fully saturated rings. The number of rotatable bonds is 3. The Labute approximate surface area is 142 Å². The molecule has 0 aliphatic carbocycles. The average Bonchev–Trinajstić information content (AvgIpc) is 3.15. The van der Waals surface area contributed by atoms with Crippen molar-refractivity contribution in [3.63, 3.8) is 0 Å². The van der Waals surface area contributed by atoms with Crippen LogP contribution in [-0.4, -0.2) is 40.1 Å². The molecule has 3 aliphatic heterocycles. The lowest BCUT2D eigenvalue weighted by Crippen LogP contribution is -2.39. The Morgan fingerprint density at radius 3 is 2.78 bits per heavy atom. The van der Waals surface area contributed by atoms with E-state index in [1.807, 2.05) is 37.3 Å². The lowest BCUT2D eigenvalue weighted by Gasteiger charge is -2.27. The molecule has 3 aliphatic rings. The summed E-state index contributed by atoms with van der Waals surface area (Å²) in [7, 11) is 0. The minimum absolute atomic E-state index is 0.124. The highest BCUT2D eigenvalue weighted by atomic mass is 79.9. The average molecular weight is 378 g/mol. The number of amides is 1. The van der Waals surface area contributed by atoms with Crippen molar-refractivity contribution in [3.05, 3.63) is 46.5 Å². The van der Waals surface area contributed by atoms with Crippen molar-refractivity contribution in [2.45, 2.75) is 24.7 Å². The molecule has 0 radical (unpaired) electrons. The minimum Gasteiger partial charge on any atom is -0.481 e. The zero-order valence-corrected chi connectivity index (χ0v) is 14.1. The van der Waals surface area contributed by atoms with E-state index in [1.165, 1.54) is 0 Å². The molecule has 5 atom stereocenters. The molecule has 6 heteroatoms. The van der Waals surface area contributed by atoms with Gasteiger partial charge in [0.25, 0.3) is 0 Å². The summed E-state index contributed by atoms with van der Waals surface area (Å²) in [4.78, 5) is 26.2. The molecule has 1 spiro atoms. The Balaban J connectivity index is 1.66. The van der Waals surface area contributed by atoms with Gasteiger partial charge >= 0.3 is 5.97 Å². The van der Waals surface area contributed by atoms with Gasteiger partial charge in [-0.3, -0.25) is 9.59 Å². The number of carboxylic acids is 1. The van der Waals surface area contributed by atoms with Gasteiger partial charge in [0.1, 0.15) is 11.5 Å². The zero-order valence-electron chi connectivity index (χ0n) is 12.5. The minimum atomic E-state index is -0.960. The van der Waals surface area contributed by atoms with Gasteiger partial charge in [-0.15, -0.1) is 0 Å². The number of ether oxygens (including phenoxy) is 1. The van der Waals surface area contributed by atoms with Crippen LogP contribution in [0, 0.1) is 11.8 Å². The van der Waals surface area contributed by atoms with Gasteiger partial charge in [-0.2, -0.15) is 0 Å². The standard InChI is InChI=1S/C17H16BrNO4/c1-9(10-2-4-11(18)5-3-10)19-8-17-7-6-12(23-17)13(16(21)22)14(17)15(19)20/h2-7,9,12-14H,8H2,1H3,(H,21,22)/t9-,12-,13+,14+,17-/m0/s1. The summed E-state index contributed by atoms with van der Waals surface area (Å²) in [6.45, 7) is 2.37. The molecule has 2 saturated heterocycles. The number of hydrogen-bond donors (Lipinski definition) is 1. The SMILES string of the molecule is C[C@@H](c1ccc(Br)cc1)N1C[C@]23C=C[C@H](O2)[C@@H](C(=O)O)[C@@H]3C1=O. The Kier molecular flexibility index (Phi) is 3.19. The molecule has 23 heavy (non-hydrogen) atoms. The number of hydrogen-bond acceptors (Lipinski definition) is 3. The van der Waals surface area contributed by atoms with Crippen LogP contribution in [0.2, 0.25) is 0 Å². The number of carbonyl (C=O) groups excluding carboxylic acids is 1. The highest BCUT2D eigenvalue weighted by Crippen LogP contribution is 2.53. The van der Waals surface area contributed by atoms with E-state index in [1.54, 1.807) is 11.0 Å². The van der Waals surface area contributed by atoms with Crippen LogP contribution in [0.3, 0.4) is 0 Å². The third-order valence-electron chi connectivity index (χ3n) is 5.23. The second kappa shape index (κ2) is 4.92. The third-order valence-corrected chi connectivity index (χ3v) is 5.76. The Morgan fingerprint density at radius 2 is 2.13 bits per heavy atom. The summed E-state index contributed by atoms with van der Waals surface area (Å²) < 4.78 is 6.88. The predicted octanol–water partition coefficient (Wildman–Crippen LogP) is 2.38. The van der Waals surface area contributed by atoms with Gasteiger partial charge in [0.2, 0.25) is 5.91 Å². The first-order valence-electron chi connectivity index (χ1n) is 7.59. The number of aliphatic carboxylic acids is 1. The molecule has 1 aromatic rings. The summed E-state index contributed by atoms with van der Waals surface area (Å²) in [6.07, 6.45) is 3.19. The van der Waals surface area contributed by atoms with E-state index in [4.69, 9.17) is 4.74 Å². The number of nitrogens with zero attached hydrogens (tertiary/aromatic N) is 1. The van der Waals surface area contributed by atoms with E-state index in [2.05, 4.69) is 15.9 Å². The number of carbonyl (C=O) groups is 2. The molecule has 120 valence electrons. The van der Waals surface area contributed by atoms with Crippen molar-refractivity contribution in [2.75, 3.05) is 6.54 Å². The van der Waals surface area contributed by atoms with Gasteiger partial charge in [-0.05, 0) is 24.6 Å². The van der Waals surface area contributed by atoms with Crippen LogP contribution in [0.4, 0.5) is 0 Å². The van der Waals surface area contributed by atoms with Crippen LogP contribution in [-0.2, 0) is 14.3 Å². The van der Waals surface area contributed by atoms with Gasteiger partial charge in [0.15, 0.2) is 0 Å². The van der Waals surface area contributed by atoms with E-state index in [-0.39, 0.29) is 11.9 Å². The van der Waals surface area contributed by atoms with Crippen molar-refractivity contribution in [3.8, 4) is 0 Å². The van der Waals surface area contributed by atoms with Gasteiger partial charge in [0.05, 0.1) is 24.6 Å². The maximum Gasteiger partial charge on any atom is 0.310 e. The lowest BCUT2D eigenvalue weighted by atomic mass is 9.77.